The standard InChI is InChI=1S/C26H21NO4S/c28-25(27-21-9-6-12-23(16-21)31-22-10-2-1-3-11-22)17-30-26(29)18-32-24-14-13-19-7-4-5-8-20(19)15-24/h1-16H,17-18H2,(H,27,28). The van der Waals surface area contributed by atoms with Crippen molar-refractivity contribution in [3.05, 3.63) is 97.1 Å². The summed E-state index contributed by atoms with van der Waals surface area (Å²) in [6.07, 6.45) is 0. The van der Waals surface area contributed by atoms with Crippen LogP contribution >= 0.6 is 11.8 Å². The number of amides is 1. The molecule has 1 amide bonds. The number of hydrogen-bond donors (Lipinski definition) is 1. The van der Waals surface area contributed by atoms with Gasteiger partial charge in [0.15, 0.2) is 6.61 Å². The van der Waals surface area contributed by atoms with E-state index in [-0.39, 0.29) is 12.4 Å². The third-order valence-corrected chi connectivity index (χ3v) is 5.51. The van der Waals surface area contributed by atoms with Gasteiger partial charge in [-0.1, -0.05) is 54.6 Å². The van der Waals surface area contributed by atoms with Gasteiger partial charge in [-0.3, -0.25) is 9.59 Å². The maximum absolute atomic E-state index is 12.2. The van der Waals surface area contributed by atoms with Gasteiger partial charge in [-0.2, -0.15) is 0 Å². The summed E-state index contributed by atoms with van der Waals surface area (Å²) in [7, 11) is 0. The second-order valence-electron chi connectivity index (χ2n) is 6.95. The fraction of sp³-hybridized carbons (Fsp3) is 0.0769. The van der Waals surface area contributed by atoms with Gasteiger partial charge in [0.25, 0.3) is 5.91 Å². The van der Waals surface area contributed by atoms with Crippen LogP contribution in [0.4, 0.5) is 5.69 Å². The van der Waals surface area contributed by atoms with Crippen molar-refractivity contribution in [1.29, 1.82) is 0 Å². The highest BCUT2D eigenvalue weighted by molar-refractivity contribution is 8.00. The predicted octanol–water partition coefficient (Wildman–Crippen LogP) is 5.91. The molecule has 0 aromatic heterocycles. The van der Waals surface area contributed by atoms with Gasteiger partial charge in [-0.05, 0) is 47.2 Å². The third-order valence-electron chi connectivity index (χ3n) is 4.54. The van der Waals surface area contributed by atoms with Gasteiger partial charge in [-0.25, -0.2) is 0 Å². The number of thioether (sulfide) groups is 1. The Morgan fingerprint density at radius 3 is 2.34 bits per heavy atom. The molecular formula is C26H21NO4S. The van der Waals surface area contributed by atoms with Crippen LogP contribution in [0.25, 0.3) is 10.8 Å². The highest BCUT2D eigenvalue weighted by Crippen LogP contribution is 2.25. The molecule has 4 aromatic rings. The van der Waals surface area contributed by atoms with Crippen molar-refractivity contribution in [1.82, 2.24) is 0 Å². The van der Waals surface area contributed by atoms with Crippen molar-refractivity contribution in [3.63, 3.8) is 0 Å². The molecule has 0 aliphatic carbocycles. The number of benzene rings is 4. The van der Waals surface area contributed by atoms with E-state index >= 15 is 0 Å². The summed E-state index contributed by atoms with van der Waals surface area (Å²) in [5.41, 5.74) is 0.560. The second kappa shape index (κ2) is 10.5. The first-order valence-electron chi connectivity index (χ1n) is 10.1. The van der Waals surface area contributed by atoms with E-state index in [1.54, 1.807) is 24.3 Å². The molecule has 1 N–H and O–H groups in total. The zero-order valence-electron chi connectivity index (χ0n) is 17.2. The van der Waals surface area contributed by atoms with Crippen molar-refractivity contribution in [2.45, 2.75) is 4.90 Å². The average molecular weight is 444 g/mol. The van der Waals surface area contributed by atoms with E-state index in [1.165, 1.54) is 11.8 Å². The van der Waals surface area contributed by atoms with Gasteiger partial charge >= 0.3 is 5.97 Å². The first-order chi connectivity index (χ1) is 15.7. The van der Waals surface area contributed by atoms with E-state index in [4.69, 9.17) is 9.47 Å². The quantitative estimate of drug-likeness (QED) is 0.271. The van der Waals surface area contributed by atoms with Crippen molar-refractivity contribution in [2.24, 2.45) is 0 Å². The summed E-state index contributed by atoms with van der Waals surface area (Å²) in [4.78, 5) is 25.2. The minimum absolute atomic E-state index is 0.131. The molecule has 5 nitrogen and oxygen atoms in total. The lowest BCUT2D eigenvalue weighted by molar-refractivity contribution is -0.144. The fourth-order valence-electron chi connectivity index (χ4n) is 3.05. The molecule has 0 aliphatic rings. The SMILES string of the molecule is O=C(COC(=O)CSc1ccc2ccccc2c1)Nc1cccc(Oc2ccccc2)c1. The normalized spacial score (nSPS) is 10.5. The lowest BCUT2D eigenvalue weighted by Crippen LogP contribution is -2.21. The summed E-state index contributed by atoms with van der Waals surface area (Å²) >= 11 is 1.38. The van der Waals surface area contributed by atoms with Gasteiger partial charge in [0, 0.05) is 16.6 Å². The Morgan fingerprint density at radius 1 is 0.750 bits per heavy atom. The van der Waals surface area contributed by atoms with Gasteiger partial charge in [0.1, 0.15) is 11.5 Å². The van der Waals surface area contributed by atoms with Gasteiger partial charge in [0.2, 0.25) is 0 Å². The van der Waals surface area contributed by atoms with Crippen LogP contribution in [0.15, 0.2) is 102 Å². The first kappa shape index (κ1) is 21.5. The number of hydrogen-bond acceptors (Lipinski definition) is 5. The van der Waals surface area contributed by atoms with E-state index in [2.05, 4.69) is 5.32 Å². The molecule has 4 rings (SSSR count). The van der Waals surface area contributed by atoms with Gasteiger partial charge in [-0.15, -0.1) is 11.8 Å². The third kappa shape index (κ3) is 6.12. The Morgan fingerprint density at radius 2 is 1.50 bits per heavy atom. The largest absolute Gasteiger partial charge is 0.457 e. The van der Waals surface area contributed by atoms with Crippen molar-refractivity contribution in [2.75, 3.05) is 17.7 Å². The number of carbonyl (C=O) groups excluding carboxylic acids is 2. The summed E-state index contributed by atoms with van der Waals surface area (Å²) < 4.78 is 10.9. The molecule has 0 heterocycles. The van der Waals surface area contributed by atoms with Crippen LogP contribution in [0.2, 0.25) is 0 Å². The lowest BCUT2D eigenvalue weighted by Gasteiger charge is -2.09. The highest BCUT2D eigenvalue weighted by atomic mass is 32.2. The smallest absolute Gasteiger partial charge is 0.316 e. The molecule has 0 atom stereocenters. The van der Waals surface area contributed by atoms with Crippen LogP contribution in [0.5, 0.6) is 11.5 Å². The molecule has 0 spiro atoms. The lowest BCUT2D eigenvalue weighted by atomic mass is 10.1. The average Bonchev–Trinajstić information content (AvgIpc) is 2.82. The zero-order valence-corrected chi connectivity index (χ0v) is 18.0. The predicted molar refractivity (Wildman–Crippen MR) is 127 cm³/mol. The summed E-state index contributed by atoms with van der Waals surface area (Å²) in [6.45, 7) is -0.346. The number of esters is 1. The van der Waals surface area contributed by atoms with Gasteiger partial charge in [0.05, 0.1) is 5.75 Å². The number of para-hydroxylation sites is 1. The molecule has 0 fully saturated rings. The molecule has 0 saturated carbocycles. The van der Waals surface area contributed by atoms with Crippen LogP contribution < -0.4 is 10.1 Å². The Hall–Kier alpha value is -3.77. The Kier molecular flexibility index (Phi) is 7.05. The number of anilines is 1. The summed E-state index contributed by atoms with van der Waals surface area (Å²) in [5, 5.41) is 4.98. The number of rotatable bonds is 8. The van der Waals surface area contributed by atoms with Crippen molar-refractivity contribution < 1.29 is 19.1 Å². The number of fused-ring (bicyclic) bond motifs is 1. The molecule has 6 heteroatoms. The molecule has 0 radical (unpaired) electrons. The Labute approximate surface area is 190 Å². The minimum Gasteiger partial charge on any atom is -0.457 e. The molecule has 0 saturated heterocycles. The van der Waals surface area contributed by atoms with E-state index in [9.17, 15) is 9.59 Å². The maximum Gasteiger partial charge on any atom is 0.316 e. The number of nitrogens with one attached hydrogen (secondary N) is 1. The summed E-state index contributed by atoms with van der Waals surface area (Å²) in [5.74, 6) is 0.573. The molecular weight excluding hydrogens is 422 g/mol. The monoisotopic (exact) mass is 443 g/mol. The van der Waals surface area contributed by atoms with Crippen LogP contribution in [0, 0.1) is 0 Å². The molecule has 0 unspecified atom stereocenters. The summed E-state index contributed by atoms with van der Waals surface area (Å²) in [6, 6.07) is 30.5. The highest BCUT2D eigenvalue weighted by Gasteiger charge is 2.10. The molecule has 0 bridgehead atoms. The Balaban J connectivity index is 1.23. The molecule has 0 aliphatic heterocycles. The van der Waals surface area contributed by atoms with Crippen LogP contribution in [-0.4, -0.2) is 24.2 Å². The molecule has 160 valence electrons. The van der Waals surface area contributed by atoms with E-state index in [0.29, 0.717) is 17.2 Å². The maximum atomic E-state index is 12.2. The second-order valence-corrected chi connectivity index (χ2v) is 8.00. The van der Waals surface area contributed by atoms with Crippen molar-refractivity contribution >= 4 is 40.1 Å². The van der Waals surface area contributed by atoms with Gasteiger partial charge < -0.3 is 14.8 Å². The first-order valence-corrected chi connectivity index (χ1v) is 11.0. The fourth-order valence-corrected chi connectivity index (χ4v) is 3.79. The van der Waals surface area contributed by atoms with Crippen LogP contribution in [0.1, 0.15) is 0 Å². The minimum atomic E-state index is -0.445. The Bertz CT molecular complexity index is 1230. The van der Waals surface area contributed by atoms with Crippen LogP contribution in [0.3, 0.4) is 0 Å². The zero-order chi connectivity index (χ0) is 22.2. The van der Waals surface area contributed by atoms with E-state index in [0.717, 1.165) is 15.7 Å². The number of carbonyl (C=O) groups is 2. The van der Waals surface area contributed by atoms with E-state index in [1.807, 2.05) is 72.8 Å². The van der Waals surface area contributed by atoms with E-state index < -0.39 is 11.9 Å². The molecule has 4 aromatic carbocycles. The topological polar surface area (TPSA) is 64.6 Å². The van der Waals surface area contributed by atoms with Crippen molar-refractivity contribution in [3.8, 4) is 11.5 Å². The van der Waals surface area contributed by atoms with Crippen LogP contribution in [-0.2, 0) is 14.3 Å². The number of ether oxygens (including phenoxy) is 2. The molecule has 32 heavy (non-hydrogen) atoms.